The molecular weight excluding hydrogens is 454 g/mol. The van der Waals surface area contributed by atoms with Crippen LogP contribution in [-0.2, 0) is 20.1 Å². The highest BCUT2D eigenvalue weighted by molar-refractivity contribution is 6.74. The first-order chi connectivity index (χ1) is 15.4. The van der Waals surface area contributed by atoms with Crippen molar-refractivity contribution < 1.29 is 13.7 Å². The molecule has 1 fully saturated rings. The van der Waals surface area contributed by atoms with Gasteiger partial charge in [-0.1, -0.05) is 85.7 Å². The largest absolute Gasteiger partial charge is 0.414 e. The number of hydrogen-bond donors (Lipinski definition) is 1. The van der Waals surface area contributed by atoms with Crippen molar-refractivity contribution in [3.63, 3.8) is 0 Å². The SMILES string of the molecule is CC(C)C[C@]1(Cc2ccccc2)C[C@H]([C@@H](CO[Si](C)(C)C(C)(C)C)O[Si](C)(C)C(C)(C)C)ON1. The standard InChI is InChI=1S/C28H53NO3Si2/c1-22(2)18-28(19-23-16-14-13-15-17-23)20-24(31-29-28)25(32-34(11,12)27(6,7)8)21-30-33(9,10)26(3,4)5/h13-17,22,24-25,29H,18-21H2,1-12H3/t24-,25-,28+/m1/s1. The molecule has 0 spiro atoms. The van der Waals surface area contributed by atoms with E-state index in [0.717, 1.165) is 19.3 Å². The molecule has 1 aliphatic rings. The summed E-state index contributed by atoms with van der Waals surface area (Å²) in [5.74, 6) is 0.571. The average molecular weight is 508 g/mol. The van der Waals surface area contributed by atoms with E-state index in [1.165, 1.54) is 5.56 Å². The zero-order valence-corrected chi connectivity index (χ0v) is 26.2. The molecule has 4 nitrogen and oxygen atoms in total. The monoisotopic (exact) mass is 507 g/mol. The van der Waals surface area contributed by atoms with Gasteiger partial charge in [-0.2, -0.15) is 5.48 Å². The molecule has 6 heteroatoms. The van der Waals surface area contributed by atoms with Crippen LogP contribution in [0.1, 0.15) is 73.8 Å². The van der Waals surface area contributed by atoms with Gasteiger partial charge in [0.2, 0.25) is 0 Å². The topological polar surface area (TPSA) is 39.7 Å². The second kappa shape index (κ2) is 10.9. The van der Waals surface area contributed by atoms with Gasteiger partial charge in [-0.05, 0) is 67.0 Å². The van der Waals surface area contributed by atoms with E-state index in [1.54, 1.807) is 0 Å². The minimum Gasteiger partial charge on any atom is -0.414 e. The molecular formula is C28H53NO3Si2. The second-order valence-electron chi connectivity index (χ2n) is 14.0. The fourth-order valence-electron chi connectivity index (χ4n) is 4.23. The van der Waals surface area contributed by atoms with E-state index in [1.807, 2.05) is 0 Å². The van der Waals surface area contributed by atoms with Gasteiger partial charge in [0.25, 0.3) is 0 Å². The fourth-order valence-corrected chi connectivity index (χ4v) is 6.57. The van der Waals surface area contributed by atoms with Crippen molar-refractivity contribution in [1.82, 2.24) is 5.48 Å². The minimum absolute atomic E-state index is 0.0265. The summed E-state index contributed by atoms with van der Waals surface area (Å²) in [6.45, 7) is 28.3. The molecule has 2 rings (SSSR count). The van der Waals surface area contributed by atoms with Gasteiger partial charge in [0, 0.05) is 0 Å². The van der Waals surface area contributed by atoms with Gasteiger partial charge in [0.15, 0.2) is 16.6 Å². The molecule has 0 aliphatic carbocycles. The normalized spacial score (nSPS) is 23.5. The Balaban J connectivity index is 2.29. The molecule has 0 aromatic heterocycles. The maximum atomic E-state index is 7.01. The molecule has 34 heavy (non-hydrogen) atoms. The van der Waals surface area contributed by atoms with Crippen molar-refractivity contribution in [1.29, 1.82) is 0 Å². The smallest absolute Gasteiger partial charge is 0.192 e. The molecule has 3 atom stereocenters. The average Bonchev–Trinajstić information content (AvgIpc) is 3.06. The van der Waals surface area contributed by atoms with E-state index in [9.17, 15) is 0 Å². The molecule has 1 heterocycles. The van der Waals surface area contributed by atoms with Crippen LogP contribution in [0.5, 0.6) is 0 Å². The van der Waals surface area contributed by atoms with Crippen LogP contribution in [0.3, 0.4) is 0 Å². The quantitative estimate of drug-likeness (QED) is 0.329. The summed E-state index contributed by atoms with van der Waals surface area (Å²) in [6.07, 6.45) is 2.85. The number of hydrogen-bond acceptors (Lipinski definition) is 4. The van der Waals surface area contributed by atoms with E-state index in [2.05, 4.69) is 117 Å². The van der Waals surface area contributed by atoms with Crippen LogP contribution >= 0.6 is 0 Å². The van der Waals surface area contributed by atoms with Crippen molar-refractivity contribution >= 4 is 16.6 Å². The summed E-state index contributed by atoms with van der Waals surface area (Å²) in [4.78, 5) is 6.40. The molecule has 0 unspecified atom stereocenters. The Labute approximate surface area is 212 Å². The maximum absolute atomic E-state index is 7.01. The Morgan fingerprint density at radius 2 is 1.53 bits per heavy atom. The van der Waals surface area contributed by atoms with E-state index in [-0.39, 0.29) is 27.8 Å². The van der Waals surface area contributed by atoms with Crippen LogP contribution in [-0.4, -0.2) is 41.0 Å². The van der Waals surface area contributed by atoms with E-state index in [4.69, 9.17) is 13.7 Å². The molecule has 1 aromatic carbocycles. The number of hydroxylamine groups is 1. The van der Waals surface area contributed by atoms with E-state index >= 15 is 0 Å². The lowest BCUT2D eigenvalue weighted by Gasteiger charge is -2.42. The van der Waals surface area contributed by atoms with Crippen molar-refractivity contribution in [3.05, 3.63) is 35.9 Å². The summed E-state index contributed by atoms with van der Waals surface area (Å²) in [5.41, 5.74) is 4.78. The first kappa shape index (κ1) is 29.7. The molecule has 1 aromatic rings. The molecule has 1 aliphatic heterocycles. The molecule has 0 saturated carbocycles. The van der Waals surface area contributed by atoms with Crippen LogP contribution < -0.4 is 5.48 Å². The van der Waals surface area contributed by atoms with Crippen LogP contribution in [0.4, 0.5) is 0 Å². The third kappa shape index (κ3) is 7.74. The Morgan fingerprint density at radius 1 is 0.971 bits per heavy atom. The number of benzene rings is 1. The van der Waals surface area contributed by atoms with Crippen molar-refractivity contribution in [2.75, 3.05) is 6.61 Å². The van der Waals surface area contributed by atoms with Crippen molar-refractivity contribution in [3.8, 4) is 0 Å². The van der Waals surface area contributed by atoms with E-state index in [0.29, 0.717) is 12.5 Å². The fraction of sp³-hybridized carbons (Fsp3) is 0.786. The lowest BCUT2D eigenvalue weighted by molar-refractivity contribution is -0.0607. The first-order valence-electron chi connectivity index (χ1n) is 13.2. The third-order valence-corrected chi connectivity index (χ3v) is 17.3. The van der Waals surface area contributed by atoms with Crippen LogP contribution in [0.15, 0.2) is 30.3 Å². The Hall–Kier alpha value is -0.506. The Bertz CT molecular complexity index is 768. The molecule has 0 radical (unpaired) electrons. The summed E-state index contributed by atoms with van der Waals surface area (Å²) < 4.78 is 13.7. The molecule has 196 valence electrons. The number of nitrogens with one attached hydrogen (secondary N) is 1. The Kier molecular flexibility index (Phi) is 9.49. The maximum Gasteiger partial charge on any atom is 0.192 e. The predicted octanol–water partition coefficient (Wildman–Crippen LogP) is 7.72. The van der Waals surface area contributed by atoms with E-state index < -0.39 is 16.6 Å². The van der Waals surface area contributed by atoms with Crippen molar-refractivity contribution in [2.24, 2.45) is 5.92 Å². The van der Waals surface area contributed by atoms with Gasteiger partial charge in [-0.3, -0.25) is 4.84 Å². The van der Waals surface area contributed by atoms with Gasteiger partial charge < -0.3 is 8.85 Å². The zero-order valence-electron chi connectivity index (χ0n) is 24.2. The van der Waals surface area contributed by atoms with Crippen LogP contribution in [0.2, 0.25) is 36.3 Å². The van der Waals surface area contributed by atoms with Gasteiger partial charge >= 0.3 is 0 Å². The molecule has 1 saturated heterocycles. The minimum atomic E-state index is -2.00. The van der Waals surface area contributed by atoms with Gasteiger partial charge in [0.1, 0.15) is 6.10 Å². The van der Waals surface area contributed by atoms with Gasteiger partial charge in [-0.25, -0.2) is 0 Å². The first-order valence-corrected chi connectivity index (χ1v) is 19.0. The Morgan fingerprint density at radius 3 is 2.03 bits per heavy atom. The summed E-state index contributed by atoms with van der Waals surface area (Å²) in [5, 5.41) is 0.297. The van der Waals surface area contributed by atoms with Crippen LogP contribution in [0.25, 0.3) is 0 Å². The molecule has 0 amide bonds. The van der Waals surface area contributed by atoms with Gasteiger partial charge in [-0.15, -0.1) is 0 Å². The third-order valence-electron chi connectivity index (χ3n) is 8.28. The summed E-state index contributed by atoms with van der Waals surface area (Å²) >= 11 is 0. The summed E-state index contributed by atoms with van der Waals surface area (Å²) in [7, 11) is -3.91. The predicted molar refractivity (Wildman–Crippen MR) is 150 cm³/mol. The highest BCUT2D eigenvalue weighted by Gasteiger charge is 2.48. The van der Waals surface area contributed by atoms with Gasteiger partial charge in [0.05, 0.1) is 18.2 Å². The summed E-state index contributed by atoms with van der Waals surface area (Å²) in [6, 6.07) is 10.8. The lowest BCUT2D eigenvalue weighted by Crippen LogP contribution is -2.51. The van der Waals surface area contributed by atoms with Crippen molar-refractivity contribution in [2.45, 2.75) is 129 Å². The second-order valence-corrected chi connectivity index (χ2v) is 23.6. The lowest BCUT2D eigenvalue weighted by atomic mass is 9.80. The highest BCUT2D eigenvalue weighted by Crippen LogP contribution is 2.41. The number of rotatable bonds is 10. The van der Waals surface area contributed by atoms with Crippen LogP contribution in [0, 0.1) is 5.92 Å². The molecule has 0 bridgehead atoms. The molecule has 1 N–H and O–H groups in total. The zero-order chi connectivity index (χ0) is 26.0. The highest BCUT2D eigenvalue weighted by atomic mass is 28.4.